The van der Waals surface area contributed by atoms with Gasteiger partial charge in [0.2, 0.25) is 0 Å². The number of para-hydroxylation sites is 3. The number of benzene rings is 2. The lowest BCUT2D eigenvalue weighted by Gasteiger charge is -2.11. The Morgan fingerprint density at radius 3 is 2.10 bits per heavy atom. The molecule has 6 nitrogen and oxygen atoms in total. The van der Waals surface area contributed by atoms with Gasteiger partial charge in [0.05, 0.1) is 12.3 Å². The van der Waals surface area contributed by atoms with E-state index in [4.69, 9.17) is 4.74 Å². The fourth-order valence-electron chi connectivity index (χ4n) is 2.52. The van der Waals surface area contributed by atoms with Crippen molar-refractivity contribution in [2.45, 2.75) is 6.92 Å². The zero-order valence-electron chi connectivity index (χ0n) is 15.4. The molecule has 0 saturated heterocycles. The fourth-order valence-corrected chi connectivity index (χ4v) is 2.52. The minimum Gasteiger partial charge on any atom is -0.492 e. The highest BCUT2D eigenvalue weighted by Crippen LogP contribution is 2.24. The summed E-state index contributed by atoms with van der Waals surface area (Å²) in [6, 6.07) is 14.3. The van der Waals surface area contributed by atoms with E-state index >= 15 is 0 Å². The van der Waals surface area contributed by atoms with E-state index in [1.54, 1.807) is 24.3 Å². The highest BCUT2D eigenvalue weighted by Gasteiger charge is 2.17. The van der Waals surface area contributed by atoms with Gasteiger partial charge in [-0.1, -0.05) is 24.3 Å². The Bertz CT molecular complexity index is 1040. The third kappa shape index (κ3) is 4.73. The van der Waals surface area contributed by atoms with Gasteiger partial charge in [-0.3, -0.25) is 9.59 Å². The number of anilines is 2. The van der Waals surface area contributed by atoms with Crippen molar-refractivity contribution < 1.29 is 23.1 Å². The Morgan fingerprint density at radius 2 is 1.45 bits per heavy atom. The van der Waals surface area contributed by atoms with Crippen LogP contribution >= 0.6 is 0 Å². The lowest BCUT2D eigenvalue weighted by Crippen LogP contribution is -2.19. The van der Waals surface area contributed by atoms with E-state index in [0.717, 1.165) is 12.1 Å². The molecule has 0 radical (unpaired) electrons. The van der Waals surface area contributed by atoms with E-state index in [1.165, 1.54) is 24.3 Å². The highest BCUT2D eigenvalue weighted by atomic mass is 19.1. The summed E-state index contributed by atoms with van der Waals surface area (Å²) < 4.78 is 32.9. The van der Waals surface area contributed by atoms with Gasteiger partial charge in [0.15, 0.2) is 0 Å². The normalized spacial score (nSPS) is 10.3. The average molecular weight is 397 g/mol. The number of nitrogens with zero attached hydrogens (tertiary/aromatic N) is 1. The first kappa shape index (κ1) is 19.9. The van der Waals surface area contributed by atoms with E-state index in [-0.39, 0.29) is 11.4 Å². The summed E-state index contributed by atoms with van der Waals surface area (Å²) in [6.45, 7) is 2.24. The molecule has 0 saturated carbocycles. The second-order valence-electron chi connectivity index (χ2n) is 5.84. The van der Waals surface area contributed by atoms with Crippen LogP contribution in [-0.2, 0) is 0 Å². The zero-order valence-corrected chi connectivity index (χ0v) is 15.4. The van der Waals surface area contributed by atoms with Crippen molar-refractivity contribution in [1.29, 1.82) is 0 Å². The number of hydrogen-bond acceptors (Lipinski definition) is 4. The summed E-state index contributed by atoms with van der Waals surface area (Å²) in [4.78, 5) is 28.9. The lowest BCUT2D eigenvalue weighted by atomic mass is 10.2. The van der Waals surface area contributed by atoms with Gasteiger partial charge in [0, 0.05) is 0 Å². The molecule has 2 N–H and O–H groups in total. The summed E-state index contributed by atoms with van der Waals surface area (Å²) >= 11 is 0. The molecule has 3 aromatic rings. The molecule has 3 rings (SSSR count). The van der Waals surface area contributed by atoms with E-state index in [2.05, 4.69) is 15.6 Å². The second-order valence-corrected chi connectivity index (χ2v) is 5.84. The predicted octanol–water partition coefficient (Wildman–Crippen LogP) is 4.26. The minimum atomic E-state index is -0.917. The number of aromatic nitrogens is 1. The summed E-state index contributed by atoms with van der Waals surface area (Å²) in [6.07, 6.45) is 0. The molecule has 0 aliphatic rings. The third-order valence-corrected chi connectivity index (χ3v) is 3.85. The lowest BCUT2D eigenvalue weighted by molar-refractivity contribution is 0.101. The van der Waals surface area contributed by atoms with Crippen molar-refractivity contribution in [2.24, 2.45) is 0 Å². The quantitative estimate of drug-likeness (QED) is 0.651. The van der Waals surface area contributed by atoms with Crippen LogP contribution in [0.1, 0.15) is 27.9 Å². The maximum Gasteiger partial charge on any atom is 0.274 e. The number of nitrogens with one attached hydrogen (secondary N) is 2. The molecule has 2 aromatic carbocycles. The largest absolute Gasteiger partial charge is 0.492 e. The molecule has 0 aliphatic heterocycles. The van der Waals surface area contributed by atoms with Crippen LogP contribution in [0.4, 0.5) is 20.2 Å². The molecule has 0 bridgehead atoms. The molecule has 8 heteroatoms. The summed E-state index contributed by atoms with van der Waals surface area (Å²) in [5.74, 6) is -2.76. The summed E-state index contributed by atoms with van der Waals surface area (Å²) in [5, 5.41) is 4.80. The maximum absolute atomic E-state index is 13.7. The first-order valence-electron chi connectivity index (χ1n) is 8.75. The van der Waals surface area contributed by atoms with E-state index in [9.17, 15) is 18.4 Å². The van der Waals surface area contributed by atoms with Gasteiger partial charge in [0.1, 0.15) is 34.5 Å². The first-order valence-corrected chi connectivity index (χ1v) is 8.75. The van der Waals surface area contributed by atoms with Crippen LogP contribution in [0.25, 0.3) is 0 Å². The SMILES string of the molecule is CCOc1ccccc1NC(=O)c1cccc(C(=O)Nc2c(F)cccc2F)n1. The van der Waals surface area contributed by atoms with Crippen LogP contribution < -0.4 is 15.4 Å². The molecule has 29 heavy (non-hydrogen) atoms. The molecule has 148 valence electrons. The molecule has 0 aliphatic carbocycles. The smallest absolute Gasteiger partial charge is 0.274 e. The Labute approximate surface area is 165 Å². The Morgan fingerprint density at radius 1 is 0.862 bits per heavy atom. The van der Waals surface area contributed by atoms with Crippen molar-refractivity contribution in [3.8, 4) is 5.75 Å². The van der Waals surface area contributed by atoms with Crippen LogP contribution in [-0.4, -0.2) is 23.4 Å². The number of hydrogen-bond donors (Lipinski definition) is 2. The summed E-state index contributed by atoms with van der Waals surface area (Å²) in [5.41, 5.74) is -0.347. The van der Waals surface area contributed by atoms with Gasteiger partial charge < -0.3 is 15.4 Å². The predicted molar refractivity (Wildman–Crippen MR) is 104 cm³/mol. The van der Waals surface area contributed by atoms with Gasteiger partial charge in [0.25, 0.3) is 11.8 Å². The van der Waals surface area contributed by atoms with Crippen molar-refractivity contribution in [3.63, 3.8) is 0 Å². The van der Waals surface area contributed by atoms with Crippen molar-refractivity contribution in [2.75, 3.05) is 17.2 Å². The van der Waals surface area contributed by atoms with Gasteiger partial charge in [-0.2, -0.15) is 0 Å². The van der Waals surface area contributed by atoms with E-state index < -0.39 is 29.1 Å². The average Bonchev–Trinajstić information content (AvgIpc) is 2.72. The number of carbonyl (C=O) groups excluding carboxylic acids is 2. The monoisotopic (exact) mass is 397 g/mol. The van der Waals surface area contributed by atoms with Crippen LogP contribution in [0.5, 0.6) is 5.75 Å². The number of rotatable bonds is 6. The van der Waals surface area contributed by atoms with Crippen molar-refractivity contribution in [1.82, 2.24) is 4.98 Å². The standard InChI is InChI=1S/C21H17F2N3O3/c1-2-29-18-12-4-3-9-15(18)25-20(27)16-10-6-11-17(24-16)21(28)26-19-13(22)7-5-8-14(19)23/h3-12H,2H2,1H3,(H,25,27)(H,26,28). The topological polar surface area (TPSA) is 80.3 Å². The zero-order chi connectivity index (χ0) is 20.8. The maximum atomic E-state index is 13.7. The van der Waals surface area contributed by atoms with Crippen molar-refractivity contribution in [3.05, 3.63) is 83.7 Å². The number of ether oxygens (including phenoxy) is 1. The molecule has 0 spiro atoms. The Balaban J connectivity index is 1.79. The Hall–Kier alpha value is -3.81. The molecule has 2 amide bonds. The molecule has 1 aromatic heterocycles. The van der Waals surface area contributed by atoms with Crippen LogP contribution in [0.2, 0.25) is 0 Å². The Kier molecular flexibility index (Phi) is 6.13. The molecule has 0 unspecified atom stereocenters. The number of pyridine rings is 1. The van der Waals surface area contributed by atoms with E-state index in [0.29, 0.717) is 18.0 Å². The van der Waals surface area contributed by atoms with Gasteiger partial charge in [-0.25, -0.2) is 13.8 Å². The number of carbonyl (C=O) groups is 2. The number of halogens is 2. The van der Waals surface area contributed by atoms with Crippen LogP contribution in [0, 0.1) is 11.6 Å². The summed E-state index contributed by atoms with van der Waals surface area (Å²) in [7, 11) is 0. The second kappa shape index (κ2) is 8.92. The molecule has 0 fully saturated rings. The molecular formula is C21H17F2N3O3. The minimum absolute atomic E-state index is 0.0436. The highest BCUT2D eigenvalue weighted by molar-refractivity contribution is 6.06. The van der Waals surface area contributed by atoms with Gasteiger partial charge in [-0.15, -0.1) is 0 Å². The van der Waals surface area contributed by atoms with E-state index in [1.807, 2.05) is 6.92 Å². The molecule has 1 heterocycles. The third-order valence-electron chi connectivity index (χ3n) is 3.85. The molecular weight excluding hydrogens is 380 g/mol. The fraction of sp³-hybridized carbons (Fsp3) is 0.0952. The van der Waals surface area contributed by atoms with Crippen LogP contribution in [0.15, 0.2) is 60.7 Å². The molecule has 0 atom stereocenters. The van der Waals surface area contributed by atoms with Crippen LogP contribution in [0.3, 0.4) is 0 Å². The van der Waals surface area contributed by atoms with Gasteiger partial charge >= 0.3 is 0 Å². The van der Waals surface area contributed by atoms with Crippen molar-refractivity contribution >= 4 is 23.2 Å². The number of amides is 2. The first-order chi connectivity index (χ1) is 14.0. The van der Waals surface area contributed by atoms with Gasteiger partial charge in [-0.05, 0) is 43.3 Å².